The maximum Gasteiger partial charge on any atom is 0.251 e. The molecule has 0 saturated carbocycles. The van der Waals surface area contributed by atoms with Gasteiger partial charge in [-0.1, -0.05) is 20.8 Å². The Bertz CT molecular complexity index is 465. The largest absolute Gasteiger partial charge is 0.351 e. The van der Waals surface area contributed by atoms with Gasteiger partial charge in [-0.05, 0) is 26.2 Å². The average Bonchev–Trinajstić information content (AvgIpc) is 2.36. The van der Waals surface area contributed by atoms with Crippen molar-refractivity contribution in [1.29, 1.82) is 0 Å². The Kier molecular flexibility index (Phi) is 5.47. The SMILES string of the molecule is CN(C)CCNC(=O)c1cc(NN)nc(C(C)(C)C)c1. The number of pyridine rings is 1. The highest BCUT2D eigenvalue weighted by molar-refractivity contribution is 5.95. The third-order valence-corrected chi connectivity index (χ3v) is 2.85. The summed E-state index contributed by atoms with van der Waals surface area (Å²) in [7, 11) is 3.93. The molecule has 1 rings (SSSR count). The third-order valence-electron chi connectivity index (χ3n) is 2.85. The second-order valence-corrected chi connectivity index (χ2v) is 6.08. The number of amides is 1. The lowest BCUT2D eigenvalue weighted by Crippen LogP contribution is -2.31. The Morgan fingerprint density at radius 2 is 2.00 bits per heavy atom. The third kappa shape index (κ3) is 4.79. The molecular formula is C14H25N5O. The Morgan fingerprint density at radius 1 is 1.35 bits per heavy atom. The van der Waals surface area contributed by atoms with Crippen LogP contribution in [0.5, 0.6) is 0 Å². The van der Waals surface area contributed by atoms with E-state index in [9.17, 15) is 4.79 Å². The van der Waals surface area contributed by atoms with E-state index >= 15 is 0 Å². The van der Waals surface area contributed by atoms with E-state index in [2.05, 4.69) is 15.7 Å². The number of nitrogens with zero attached hydrogens (tertiary/aromatic N) is 2. The van der Waals surface area contributed by atoms with Crippen LogP contribution < -0.4 is 16.6 Å². The van der Waals surface area contributed by atoms with E-state index in [4.69, 9.17) is 5.84 Å². The quantitative estimate of drug-likeness (QED) is 0.552. The minimum atomic E-state index is -0.147. The van der Waals surface area contributed by atoms with Crippen molar-refractivity contribution in [2.24, 2.45) is 5.84 Å². The van der Waals surface area contributed by atoms with Crippen molar-refractivity contribution in [3.63, 3.8) is 0 Å². The molecule has 4 N–H and O–H groups in total. The lowest BCUT2D eigenvalue weighted by atomic mass is 9.90. The van der Waals surface area contributed by atoms with E-state index < -0.39 is 0 Å². The Morgan fingerprint density at radius 3 is 2.50 bits per heavy atom. The number of hydrogen-bond acceptors (Lipinski definition) is 5. The van der Waals surface area contributed by atoms with Crippen LogP contribution in [-0.4, -0.2) is 43.0 Å². The highest BCUT2D eigenvalue weighted by Gasteiger charge is 2.19. The zero-order valence-corrected chi connectivity index (χ0v) is 12.9. The molecule has 0 unspecified atom stereocenters. The van der Waals surface area contributed by atoms with Gasteiger partial charge in [-0.25, -0.2) is 10.8 Å². The number of carbonyl (C=O) groups is 1. The van der Waals surface area contributed by atoms with Crippen LogP contribution >= 0.6 is 0 Å². The molecule has 112 valence electrons. The number of hydrogen-bond donors (Lipinski definition) is 3. The maximum atomic E-state index is 12.1. The molecule has 6 heteroatoms. The number of anilines is 1. The summed E-state index contributed by atoms with van der Waals surface area (Å²) in [6, 6.07) is 3.46. The van der Waals surface area contributed by atoms with Gasteiger partial charge in [0.1, 0.15) is 5.82 Å². The van der Waals surface area contributed by atoms with Crippen molar-refractivity contribution in [3.05, 3.63) is 23.4 Å². The predicted octanol–water partition coefficient (Wildman–Crippen LogP) is 0.956. The molecule has 0 radical (unpaired) electrons. The van der Waals surface area contributed by atoms with Gasteiger partial charge in [0.05, 0.1) is 0 Å². The first-order chi connectivity index (χ1) is 9.24. The van der Waals surface area contributed by atoms with E-state index in [0.29, 0.717) is 17.9 Å². The molecule has 1 aromatic heterocycles. The fourth-order valence-electron chi connectivity index (χ4n) is 1.61. The fourth-order valence-corrected chi connectivity index (χ4v) is 1.61. The monoisotopic (exact) mass is 279 g/mol. The van der Waals surface area contributed by atoms with Crippen molar-refractivity contribution in [3.8, 4) is 0 Å². The number of nitrogens with one attached hydrogen (secondary N) is 2. The number of rotatable bonds is 5. The van der Waals surface area contributed by atoms with Crippen LogP contribution in [0.15, 0.2) is 12.1 Å². The van der Waals surface area contributed by atoms with Crippen LogP contribution in [0.2, 0.25) is 0 Å². The summed E-state index contributed by atoms with van der Waals surface area (Å²) in [6.07, 6.45) is 0. The van der Waals surface area contributed by atoms with E-state index in [1.54, 1.807) is 6.07 Å². The molecule has 0 saturated heterocycles. The number of hydrazine groups is 1. The summed E-state index contributed by atoms with van der Waals surface area (Å²) < 4.78 is 0. The van der Waals surface area contributed by atoms with Crippen LogP contribution in [0, 0.1) is 0 Å². The summed E-state index contributed by atoms with van der Waals surface area (Å²) in [5.74, 6) is 5.80. The average molecular weight is 279 g/mol. The van der Waals surface area contributed by atoms with Crippen molar-refractivity contribution in [2.45, 2.75) is 26.2 Å². The zero-order valence-electron chi connectivity index (χ0n) is 12.9. The molecule has 0 spiro atoms. The molecular weight excluding hydrogens is 254 g/mol. The van der Waals surface area contributed by atoms with Gasteiger partial charge >= 0.3 is 0 Å². The molecule has 0 bridgehead atoms. The number of nitrogens with two attached hydrogens (primary N) is 1. The van der Waals surface area contributed by atoms with E-state index in [-0.39, 0.29) is 11.3 Å². The summed E-state index contributed by atoms with van der Waals surface area (Å²) in [6.45, 7) is 7.53. The maximum absolute atomic E-state index is 12.1. The molecule has 1 heterocycles. The van der Waals surface area contributed by atoms with E-state index in [1.165, 1.54) is 0 Å². The Labute approximate surface area is 120 Å². The van der Waals surface area contributed by atoms with Crippen molar-refractivity contribution in [2.75, 3.05) is 32.6 Å². The van der Waals surface area contributed by atoms with E-state index in [1.807, 2.05) is 45.8 Å². The molecule has 1 aromatic rings. The van der Waals surface area contributed by atoms with Gasteiger partial charge in [0.2, 0.25) is 0 Å². The molecule has 0 aliphatic rings. The van der Waals surface area contributed by atoms with Crippen LogP contribution in [0.4, 0.5) is 5.82 Å². The van der Waals surface area contributed by atoms with Gasteiger partial charge in [-0.15, -0.1) is 0 Å². The number of nitrogen functional groups attached to an aromatic ring is 1. The van der Waals surface area contributed by atoms with Crippen LogP contribution in [0.1, 0.15) is 36.8 Å². The standard InChI is InChI=1S/C14H25N5O/c1-14(2,3)11-8-10(9-12(17-11)18-15)13(20)16-6-7-19(4)5/h8-9H,6-7,15H2,1-5H3,(H,16,20)(H,17,18). The molecule has 0 atom stereocenters. The summed E-state index contributed by atoms with van der Waals surface area (Å²) in [5, 5.41) is 2.88. The first-order valence-corrected chi connectivity index (χ1v) is 6.66. The van der Waals surface area contributed by atoms with Crippen molar-refractivity contribution < 1.29 is 4.79 Å². The summed E-state index contributed by atoms with van der Waals surface area (Å²) >= 11 is 0. The molecule has 0 aromatic carbocycles. The first-order valence-electron chi connectivity index (χ1n) is 6.66. The van der Waals surface area contributed by atoms with Crippen molar-refractivity contribution in [1.82, 2.24) is 15.2 Å². The summed E-state index contributed by atoms with van der Waals surface area (Å²) in [5.41, 5.74) is 3.75. The Balaban J connectivity index is 2.91. The molecule has 0 fully saturated rings. The lowest BCUT2D eigenvalue weighted by molar-refractivity contribution is 0.0951. The minimum Gasteiger partial charge on any atom is -0.351 e. The van der Waals surface area contributed by atoms with Crippen LogP contribution in [0.3, 0.4) is 0 Å². The fraction of sp³-hybridized carbons (Fsp3) is 0.571. The van der Waals surface area contributed by atoms with E-state index in [0.717, 1.165) is 12.2 Å². The van der Waals surface area contributed by atoms with Gasteiger partial charge in [-0.3, -0.25) is 4.79 Å². The second kappa shape index (κ2) is 6.67. The zero-order chi connectivity index (χ0) is 15.3. The van der Waals surface area contributed by atoms with Crippen LogP contribution in [-0.2, 0) is 5.41 Å². The molecule has 1 amide bonds. The Hall–Kier alpha value is -1.66. The van der Waals surface area contributed by atoms with Gasteiger partial charge in [0, 0.05) is 29.8 Å². The first kappa shape index (κ1) is 16.4. The molecule has 0 aliphatic heterocycles. The highest BCUT2D eigenvalue weighted by Crippen LogP contribution is 2.23. The molecule has 6 nitrogen and oxygen atoms in total. The number of carbonyl (C=O) groups excluding carboxylic acids is 1. The normalized spacial score (nSPS) is 11.6. The predicted molar refractivity (Wildman–Crippen MR) is 81.6 cm³/mol. The van der Waals surface area contributed by atoms with Crippen molar-refractivity contribution >= 4 is 11.7 Å². The number of aromatic nitrogens is 1. The lowest BCUT2D eigenvalue weighted by Gasteiger charge is -2.19. The van der Waals surface area contributed by atoms with Gasteiger partial charge in [0.15, 0.2) is 0 Å². The van der Waals surface area contributed by atoms with Gasteiger partial charge in [-0.2, -0.15) is 0 Å². The van der Waals surface area contributed by atoms with Gasteiger partial charge < -0.3 is 15.6 Å². The van der Waals surface area contributed by atoms with Gasteiger partial charge in [0.25, 0.3) is 5.91 Å². The molecule has 0 aliphatic carbocycles. The summed E-state index contributed by atoms with van der Waals surface area (Å²) in [4.78, 5) is 18.6. The highest BCUT2D eigenvalue weighted by atomic mass is 16.1. The second-order valence-electron chi connectivity index (χ2n) is 6.08. The molecule has 20 heavy (non-hydrogen) atoms. The topological polar surface area (TPSA) is 83.3 Å². The smallest absolute Gasteiger partial charge is 0.251 e. The minimum absolute atomic E-state index is 0.115. The number of likely N-dealkylation sites (N-methyl/N-ethyl adjacent to an activating group) is 1. The van der Waals surface area contributed by atoms with Crippen LogP contribution in [0.25, 0.3) is 0 Å².